The number of carboxylic acids is 1. The molecule has 3 rings (SSSR count). The van der Waals surface area contributed by atoms with Crippen molar-refractivity contribution in [3.63, 3.8) is 0 Å². The van der Waals surface area contributed by atoms with Crippen molar-refractivity contribution >= 4 is 15.8 Å². The van der Waals surface area contributed by atoms with Crippen molar-refractivity contribution in [1.29, 1.82) is 0 Å². The van der Waals surface area contributed by atoms with Crippen LogP contribution in [-0.2, 0) is 9.84 Å². The first-order valence-electron chi connectivity index (χ1n) is 6.12. The van der Waals surface area contributed by atoms with Gasteiger partial charge in [-0.1, -0.05) is 0 Å². The van der Waals surface area contributed by atoms with Gasteiger partial charge in [-0.2, -0.15) is 5.10 Å². The molecule has 1 fully saturated rings. The summed E-state index contributed by atoms with van der Waals surface area (Å²) < 4.78 is 26.3. The number of rotatable bonds is 3. The molecule has 1 saturated heterocycles. The zero-order valence-electron chi connectivity index (χ0n) is 10.5. The van der Waals surface area contributed by atoms with E-state index in [1.54, 1.807) is 29.1 Å². The molecule has 2 aromatic heterocycles. The minimum Gasteiger partial charge on any atom is -0.477 e. The molecule has 0 aliphatic carbocycles. The lowest BCUT2D eigenvalue weighted by Gasteiger charge is -2.14. The molecule has 0 spiro atoms. The molecule has 1 atom stereocenters. The fourth-order valence-electron chi connectivity index (χ4n) is 2.48. The Balaban J connectivity index is 2.11. The number of hydrogen-bond donors (Lipinski definition) is 1. The number of aromatic carboxylic acids is 1. The van der Waals surface area contributed by atoms with Gasteiger partial charge in [0.15, 0.2) is 9.84 Å². The van der Waals surface area contributed by atoms with E-state index in [4.69, 9.17) is 0 Å². The van der Waals surface area contributed by atoms with E-state index in [-0.39, 0.29) is 23.1 Å². The molecule has 1 aliphatic heterocycles. The van der Waals surface area contributed by atoms with E-state index < -0.39 is 15.8 Å². The van der Waals surface area contributed by atoms with E-state index in [1.165, 1.54) is 10.9 Å². The average Bonchev–Trinajstić information content (AvgIpc) is 3.04. The van der Waals surface area contributed by atoms with Gasteiger partial charge in [0.25, 0.3) is 0 Å². The van der Waals surface area contributed by atoms with Crippen molar-refractivity contribution in [3.05, 3.63) is 36.3 Å². The molecular formula is C12H13N3O4S. The number of carboxylic acid groups (broad SMARTS) is 1. The summed E-state index contributed by atoms with van der Waals surface area (Å²) in [6.45, 7) is 0. The van der Waals surface area contributed by atoms with Gasteiger partial charge in [-0.3, -0.25) is 0 Å². The van der Waals surface area contributed by atoms with Crippen LogP contribution in [-0.4, -0.2) is 45.3 Å². The van der Waals surface area contributed by atoms with Crippen LogP contribution < -0.4 is 0 Å². The summed E-state index contributed by atoms with van der Waals surface area (Å²) in [7, 11) is -3.06. The van der Waals surface area contributed by atoms with Crippen LogP contribution in [0.15, 0.2) is 30.7 Å². The lowest BCUT2D eigenvalue weighted by molar-refractivity contribution is 0.0696. The van der Waals surface area contributed by atoms with Gasteiger partial charge in [-0.25, -0.2) is 17.9 Å². The van der Waals surface area contributed by atoms with Crippen molar-refractivity contribution in [2.45, 2.75) is 12.5 Å². The van der Waals surface area contributed by atoms with E-state index in [9.17, 15) is 18.3 Å². The Labute approximate surface area is 115 Å². The van der Waals surface area contributed by atoms with Gasteiger partial charge >= 0.3 is 5.97 Å². The van der Waals surface area contributed by atoms with Crippen molar-refractivity contribution in [2.24, 2.45) is 0 Å². The molecule has 0 unspecified atom stereocenters. The second-order valence-electron chi connectivity index (χ2n) is 4.78. The van der Waals surface area contributed by atoms with Crippen LogP contribution >= 0.6 is 0 Å². The second-order valence-corrected chi connectivity index (χ2v) is 7.01. The zero-order valence-corrected chi connectivity index (χ0v) is 11.3. The number of hydrogen-bond acceptors (Lipinski definition) is 4. The third kappa shape index (κ3) is 2.11. The standard InChI is InChI=1S/C12H13N3O4S/c16-12(17)10-7-13-15(9-3-6-20(18,19)8-9)11(10)14-4-1-2-5-14/h1-2,4-5,7,9H,3,6,8H2,(H,16,17)/t9-/m0/s1. The summed E-state index contributed by atoms with van der Waals surface area (Å²) in [4.78, 5) is 11.3. The molecule has 0 bridgehead atoms. The molecule has 106 valence electrons. The predicted octanol–water partition coefficient (Wildman–Crippen LogP) is 0.732. The van der Waals surface area contributed by atoms with Gasteiger partial charge in [0.05, 0.1) is 23.7 Å². The summed E-state index contributed by atoms with van der Waals surface area (Å²) >= 11 is 0. The highest BCUT2D eigenvalue weighted by atomic mass is 32.2. The first-order valence-corrected chi connectivity index (χ1v) is 7.94. The van der Waals surface area contributed by atoms with Crippen molar-refractivity contribution < 1.29 is 18.3 Å². The Morgan fingerprint density at radius 2 is 2.05 bits per heavy atom. The van der Waals surface area contributed by atoms with Crippen LogP contribution in [0.2, 0.25) is 0 Å². The molecule has 1 N–H and O–H groups in total. The summed E-state index contributed by atoms with van der Waals surface area (Å²) in [5.41, 5.74) is 0.0606. The molecule has 3 heterocycles. The van der Waals surface area contributed by atoms with E-state index in [0.717, 1.165) is 0 Å². The van der Waals surface area contributed by atoms with Gasteiger partial charge in [-0.05, 0) is 18.6 Å². The fourth-order valence-corrected chi connectivity index (χ4v) is 4.17. The molecule has 0 aromatic carbocycles. The van der Waals surface area contributed by atoms with E-state index >= 15 is 0 Å². The summed E-state index contributed by atoms with van der Waals surface area (Å²) in [6, 6.07) is 3.23. The first-order chi connectivity index (χ1) is 9.48. The maximum absolute atomic E-state index is 11.6. The van der Waals surface area contributed by atoms with Crippen molar-refractivity contribution in [2.75, 3.05) is 11.5 Å². The number of carbonyl (C=O) groups is 1. The maximum Gasteiger partial charge on any atom is 0.341 e. The number of sulfone groups is 1. The van der Waals surface area contributed by atoms with E-state index in [1.807, 2.05) is 0 Å². The van der Waals surface area contributed by atoms with Gasteiger partial charge in [0.1, 0.15) is 11.4 Å². The lowest BCUT2D eigenvalue weighted by Crippen LogP contribution is -2.17. The van der Waals surface area contributed by atoms with Crippen molar-refractivity contribution in [3.8, 4) is 5.82 Å². The van der Waals surface area contributed by atoms with Crippen LogP contribution in [0.5, 0.6) is 0 Å². The Morgan fingerprint density at radius 3 is 2.60 bits per heavy atom. The topological polar surface area (TPSA) is 94.2 Å². The molecule has 0 saturated carbocycles. The summed E-state index contributed by atoms with van der Waals surface area (Å²) in [5, 5.41) is 13.3. The highest BCUT2D eigenvalue weighted by molar-refractivity contribution is 7.91. The highest BCUT2D eigenvalue weighted by Gasteiger charge is 2.32. The molecule has 0 amide bonds. The summed E-state index contributed by atoms with van der Waals surface area (Å²) in [5.74, 6) is -0.571. The normalized spacial score (nSPS) is 21.1. The monoisotopic (exact) mass is 295 g/mol. The van der Waals surface area contributed by atoms with Gasteiger partial charge in [0, 0.05) is 12.4 Å². The predicted molar refractivity (Wildman–Crippen MR) is 70.8 cm³/mol. The van der Waals surface area contributed by atoms with Crippen molar-refractivity contribution in [1.82, 2.24) is 14.3 Å². The molecule has 0 radical (unpaired) electrons. The average molecular weight is 295 g/mol. The van der Waals surface area contributed by atoms with Crippen LogP contribution in [0.25, 0.3) is 5.82 Å². The Hall–Kier alpha value is -2.09. The Kier molecular flexibility index (Phi) is 2.89. The maximum atomic E-state index is 11.6. The molecule has 1 aliphatic rings. The molecular weight excluding hydrogens is 282 g/mol. The van der Waals surface area contributed by atoms with E-state index in [2.05, 4.69) is 5.10 Å². The Morgan fingerprint density at radius 1 is 1.35 bits per heavy atom. The fraction of sp³-hybridized carbons (Fsp3) is 0.333. The molecule has 7 nitrogen and oxygen atoms in total. The Bertz CT molecular complexity index is 746. The third-order valence-electron chi connectivity index (χ3n) is 3.40. The molecule has 2 aromatic rings. The van der Waals surface area contributed by atoms with Gasteiger partial charge in [-0.15, -0.1) is 0 Å². The first kappa shape index (κ1) is 12.9. The van der Waals surface area contributed by atoms with E-state index in [0.29, 0.717) is 12.2 Å². The number of aromatic nitrogens is 3. The van der Waals surface area contributed by atoms with Gasteiger partial charge in [0.2, 0.25) is 0 Å². The SMILES string of the molecule is O=C(O)c1cnn([C@H]2CCS(=O)(=O)C2)c1-n1cccc1. The third-order valence-corrected chi connectivity index (χ3v) is 5.15. The quantitative estimate of drug-likeness (QED) is 0.901. The lowest BCUT2D eigenvalue weighted by atomic mass is 10.2. The van der Waals surface area contributed by atoms with Crippen LogP contribution in [0, 0.1) is 0 Å². The smallest absolute Gasteiger partial charge is 0.341 e. The highest BCUT2D eigenvalue weighted by Crippen LogP contribution is 2.27. The minimum absolute atomic E-state index is 0.00199. The van der Waals surface area contributed by atoms with Gasteiger partial charge < -0.3 is 9.67 Å². The van der Waals surface area contributed by atoms with Crippen LogP contribution in [0.4, 0.5) is 0 Å². The zero-order chi connectivity index (χ0) is 14.3. The minimum atomic E-state index is -3.06. The van der Waals surface area contributed by atoms with Crippen LogP contribution in [0.3, 0.4) is 0 Å². The largest absolute Gasteiger partial charge is 0.477 e. The van der Waals surface area contributed by atoms with Crippen LogP contribution in [0.1, 0.15) is 22.8 Å². The summed E-state index contributed by atoms with van der Waals surface area (Å²) in [6.07, 6.45) is 5.15. The second kappa shape index (κ2) is 4.48. The molecule has 20 heavy (non-hydrogen) atoms. The molecule has 8 heteroatoms. The number of nitrogens with zero attached hydrogens (tertiary/aromatic N) is 3.